The van der Waals surface area contributed by atoms with Gasteiger partial charge in [-0.05, 0) is 45.0 Å². The Kier molecular flexibility index (Phi) is 5.79. The molecule has 1 aromatic carbocycles. The number of halogens is 3. The predicted octanol–water partition coefficient (Wildman–Crippen LogP) is 4.95. The largest absolute Gasteiger partial charge is 0.497 e. The zero-order valence-electron chi connectivity index (χ0n) is 17.6. The summed E-state index contributed by atoms with van der Waals surface area (Å²) in [5.41, 5.74) is 0.874. The minimum Gasteiger partial charge on any atom is -0.497 e. The highest BCUT2D eigenvalue weighted by Crippen LogP contribution is 2.40. The summed E-state index contributed by atoms with van der Waals surface area (Å²) < 4.78 is 56.8. The van der Waals surface area contributed by atoms with E-state index < -0.39 is 11.7 Å². The lowest BCUT2D eigenvalue weighted by atomic mass is 9.90. The molecule has 0 spiro atoms. The van der Waals surface area contributed by atoms with Crippen molar-refractivity contribution in [1.29, 1.82) is 0 Å². The van der Waals surface area contributed by atoms with Gasteiger partial charge in [0.1, 0.15) is 11.5 Å². The summed E-state index contributed by atoms with van der Waals surface area (Å²) in [5, 5.41) is 3.99. The molecule has 0 saturated carbocycles. The average molecular weight is 435 g/mol. The Hall–Kier alpha value is -2.81. The third-order valence-electron chi connectivity index (χ3n) is 5.77. The fourth-order valence-electron chi connectivity index (χ4n) is 4.19. The van der Waals surface area contributed by atoms with Crippen molar-refractivity contribution < 1.29 is 27.2 Å². The number of likely N-dealkylation sites (tertiary alicyclic amines) is 1. The molecule has 3 aromatic rings. The van der Waals surface area contributed by atoms with Crippen molar-refractivity contribution >= 4 is 11.1 Å². The molecule has 1 fully saturated rings. The number of ether oxygens (including phenoxy) is 2. The van der Waals surface area contributed by atoms with Crippen molar-refractivity contribution in [1.82, 2.24) is 15.0 Å². The van der Waals surface area contributed by atoms with Crippen LogP contribution in [0.25, 0.3) is 11.1 Å². The van der Waals surface area contributed by atoms with Gasteiger partial charge in [0.25, 0.3) is 5.71 Å². The van der Waals surface area contributed by atoms with Crippen molar-refractivity contribution in [2.45, 2.75) is 38.4 Å². The number of piperidine rings is 1. The Morgan fingerprint density at radius 1 is 1.13 bits per heavy atom. The second-order valence-electron chi connectivity index (χ2n) is 7.79. The van der Waals surface area contributed by atoms with Crippen molar-refractivity contribution in [3.8, 4) is 11.5 Å². The van der Waals surface area contributed by atoms with Crippen molar-refractivity contribution in [3.05, 3.63) is 46.8 Å². The molecule has 0 atom stereocenters. The van der Waals surface area contributed by atoms with Gasteiger partial charge in [0.2, 0.25) is 0 Å². The first-order chi connectivity index (χ1) is 14.8. The number of hydrogen-bond donors (Lipinski definition) is 0. The van der Waals surface area contributed by atoms with Crippen LogP contribution in [0.15, 0.2) is 28.8 Å². The van der Waals surface area contributed by atoms with Crippen LogP contribution < -0.4 is 9.47 Å². The number of alkyl halides is 3. The van der Waals surface area contributed by atoms with E-state index in [9.17, 15) is 13.2 Å². The third-order valence-corrected chi connectivity index (χ3v) is 5.77. The monoisotopic (exact) mass is 435 g/mol. The first-order valence-corrected chi connectivity index (χ1v) is 10.1. The number of methoxy groups -OCH3 is 2. The van der Waals surface area contributed by atoms with Crippen LogP contribution in [0.4, 0.5) is 13.2 Å². The maximum absolute atomic E-state index is 13.6. The van der Waals surface area contributed by atoms with E-state index in [0.29, 0.717) is 25.1 Å². The second-order valence-corrected chi connectivity index (χ2v) is 7.79. The summed E-state index contributed by atoms with van der Waals surface area (Å²) >= 11 is 0. The highest BCUT2D eigenvalue weighted by atomic mass is 19.4. The van der Waals surface area contributed by atoms with Crippen LogP contribution >= 0.6 is 0 Å². The zero-order valence-corrected chi connectivity index (χ0v) is 17.6. The van der Waals surface area contributed by atoms with Gasteiger partial charge < -0.3 is 14.0 Å². The average Bonchev–Trinajstić information content (AvgIpc) is 3.16. The maximum Gasteiger partial charge on any atom is 0.417 e. The number of fused-ring (bicyclic) bond motifs is 1. The summed E-state index contributed by atoms with van der Waals surface area (Å²) in [4.78, 5) is 6.37. The quantitative estimate of drug-likeness (QED) is 0.565. The van der Waals surface area contributed by atoms with Gasteiger partial charge in [0, 0.05) is 29.8 Å². The molecule has 0 N–H and O–H groups in total. The molecular formula is C22H24F3N3O3. The standard InChI is InChI=1S/C22H24F3N3O3/c1-13-10-17(22(23,24)25)19-20(27-31-21(19)26-13)14-6-8-28(9-7-14)12-15-4-5-16(29-2)11-18(15)30-3/h4-5,10-11,14H,6-9,12H2,1-3H3. The van der Waals surface area contributed by atoms with E-state index >= 15 is 0 Å². The van der Waals surface area contributed by atoms with E-state index in [1.807, 2.05) is 18.2 Å². The van der Waals surface area contributed by atoms with Gasteiger partial charge in [0.15, 0.2) is 0 Å². The smallest absolute Gasteiger partial charge is 0.417 e. The van der Waals surface area contributed by atoms with Crippen LogP contribution in [-0.4, -0.2) is 42.3 Å². The van der Waals surface area contributed by atoms with Gasteiger partial charge in [-0.15, -0.1) is 0 Å². The van der Waals surface area contributed by atoms with E-state index in [2.05, 4.69) is 15.0 Å². The molecule has 4 rings (SSSR count). The van der Waals surface area contributed by atoms with Crippen molar-refractivity contribution in [2.24, 2.45) is 0 Å². The topological polar surface area (TPSA) is 60.6 Å². The highest BCUT2D eigenvalue weighted by molar-refractivity contribution is 5.81. The van der Waals surface area contributed by atoms with Gasteiger partial charge in [-0.1, -0.05) is 11.2 Å². The fraction of sp³-hybridized carbons (Fsp3) is 0.455. The molecule has 0 bridgehead atoms. The van der Waals surface area contributed by atoms with Crippen molar-refractivity contribution in [2.75, 3.05) is 27.3 Å². The minimum atomic E-state index is -4.49. The molecule has 1 aliphatic heterocycles. The molecule has 9 heteroatoms. The van der Waals surface area contributed by atoms with E-state index in [1.165, 1.54) is 6.92 Å². The molecule has 0 unspecified atom stereocenters. The summed E-state index contributed by atoms with van der Waals surface area (Å²) in [6.07, 6.45) is -3.12. The SMILES string of the molecule is COc1ccc(CN2CCC(c3noc4nc(C)cc(C(F)(F)F)c34)CC2)c(OC)c1. The van der Waals surface area contributed by atoms with Crippen LogP contribution in [0.2, 0.25) is 0 Å². The number of rotatable bonds is 5. The van der Waals surface area contributed by atoms with Gasteiger partial charge >= 0.3 is 6.18 Å². The molecule has 1 aliphatic rings. The first kappa shape index (κ1) is 21.4. The van der Waals surface area contributed by atoms with Gasteiger partial charge in [-0.25, -0.2) is 4.98 Å². The van der Waals surface area contributed by atoms with E-state index in [4.69, 9.17) is 14.0 Å². The van der Waals surface area contributed by atoms with Crippen molar-refractivity contribution in [3.63, 3.8) is 0 Å². The summed E-state index contributed by atoms with van der Waals surface area (Å²) in [6.45, 7) is 3.67. The van der Waals surface area contributed by atoms with Gasteiger partial charge in [-0.3, -0.25) is 4.90 Å². The van der Waals surface area contributed by atoms with E-state index in [-0.39, 0.29) is 22.7 Å². The summed E-state index contributed by atoms with van der Waals surface area (Å²) in [7, 11) is 3.22. The lowest BCUT2D eigenvalue weighted by Gasteiger charge is -2.31. The first-order valence-electron chi connectivity index (χ1n) is 10.1. The Labute approximate surface area is 177 Å². The van der Waals surface area contributed by atoms with E-state index in [1.54, 1.807) is 14.2 Å². The van der Waals surface area contributed by atoms with Gasteiger partial charge in [0.05, 0.1) is 30.9 Å². The number of hydrogen-bond acceptors (Lipinski definition) is 6. The predicted molar refractivity (Wildman–Crippen MR) is 108 cm³/mol. The summed E-state index contributed by atoms with van der Waals surface area (Å²) in [5.74, 6) is 1.36. The fourth-order valence-corrected chi connectivity index (χ4v) is 4.19. The zero-order chi connectivity index (χ0) is 22.2. The summed E-state index contributed by atoms with van der Waals surface area (Å²) in [6, 6.07) is 6.77. The Bertz CT molecular complexity index is 1070. The molecule has 0 aliphatic carbocycles. The van der Waals surface area contributed by atoms with Crippen LogP contribution in [-0.2, 0) is 12.7 Å². The Morgan fingerprint density at radius 3 is 2.52 bits per heavy atom. The molecule has 0 radical (unpaired) electrons. The number of nitrogens with zero attached hydrogens (tertiary/aromatic N) is 3. The number of aromatic nitrogens is 2. The Balaban J connectivity index is 1.52. The number of pyridine rings is 1. The number of benzene rings is 1. The molecule has 2 aromatic heterocycles. The molecule has 1 saturated heterocycles. The van der Waals surface area contributed by atoms with Crippen LogP contribution in [0.1, 0.15) is 41.3 Å². The third kappa shape index (κ3) is 4.32. The molecule has 31 heavy (non-hydrogen) atoms. The molecule has 166 valence electrons. The van der Waals surface area contributed by atoms with E-state index in [0.717, 1.165) is 36.2 Å². The maximum atomic E-state index is 13.6. The lowest BCUT2D eigenvalue weighted by molar-refractivity contribution is -0.136. The highest BCUT2D eigenvalue weighted by Gasteiger charge is 2.37. The van der Waals surface area contributed by atoms with Gasteiger partial charge in [-0.2, -0.15) is 13.2 Å². The molecule has 0 amide bonds. The molecule has 6 nitrogen and oxygen atoms in total. The Morgan fingerprint density at radius 2 is 1.87 bits per heavy atom. The van der Waals surface area contributed by atoms with Crippen LogP contribution in [0.3, 0.4) is 0 Å². The minimum absolute atomic E-state index is 0.00614. The molecular weight excluding hydrogens is 411 g/mol. The van der Waals surface area contributed by atoms with Crippen LogP contribution in [0, 0.1) is 6.92 Å². The lowest BCUT2D eigenvalue weighted by Crippen LogP contribution is -2.32. The number of aryl methyl sites for hydroxylation is 1. The van der Waals surface area contributed by atoms with Crippen LogP contribution in [0.5, 0.6) is 11.5 Å². The second kappa shape index (κ2) is 8.37. The normalized spacial score (nSPS) is 16.1. The molecule has 3 heterocycles.